The molecule has 3 N–H and O–H groups in total. The predicted molar refractivity (Wildman–Crippen MR) is 90.5 cm³/mol. The number of rotatable bonds is 4. The Morgan fingerprint density at radius 2 is 2.05 bits per heavy atom. The molecule has 0 radical (unpaired) electrons. The SMILES string of the molecule is CCc1nc(NC(=O)C(C)(N)c2ccc(Br)cc2)sc1C. The maximum absolute atomic E-state index is 12.4. The molecule has 1 aromatic heterocycles. The van der Waals surface area contributed by atoms with Crippen molar-refractivity contribution in [1.82, 2.24) is 4.98 Å². The van der Waals surface area contributed by atoms with Crippen LogP contribution < -0.4 is 11.1 Å². The Bertz CT molecular complexity index is 649. The van der Waals surface area contributed by atoms with E-state index in [-0.39, 0.29) is 5.91 Å². The van der Waals surface area contributed by atoms with Gasteiger partial charge in [-0.3, -0.25) is 4.79 Å². The lowest BCUT2D eigenvalue weighted by atomic mass is 9.92. The van der Waals surface area contributed by atoms with E-state index in [9.17, 15) is 4.79 Å². The number of thiazole rings is 1. The second-order valence-electron chi connectivity index (χ2n) is 5.04. The summed E-state index contributed by atoms with van der Waals surface area (Å²) in [6.07, 6.45) is 0.852. The summed E-state index contributed by atoms with van der Waals surface area (Å²) in [5.74, 6) is -0.263. The Labute approximate surface area is 136 Å². The number of nitrogens with one attached hydrogen (secondary N) is 1. The first-order valence-electron chi connectivity index (χ1n) is 6.67. The fraction of sp³-hybridized carbons (Fsp3) is 0.333. The summed E-state index contributed by atoms with van der Waals surface area (Å²) in [6, 6.07) is 7.43. The van der Waals surface area contributed by atoms with E-state index < -0.39 is 5.54 Å². The largest absolute Gasteiger partial charge is 0.314 e. The lowest BCUT2D eigenvalue weighted by Gasteiger charge is -2.23. The smallest absolute Gasteiger partial charge is 0.250 e. The van der Waals surface area contributed by atoms with Crippen LogP contribution in [0.5, 0.6) is 0 Å². The van der Waals surface area contributed by atoms with Gasteiger partial charge in [0.25, 0.3) is 5.91 Å². The number of halogens is 1. The summed E-state index contributed by atoms with van der Waals surface area (Å²) in [7, 11) is 0. The van der Waals surface area contributed by atoms with Crippen molar-refractivity contribution < 1.29 is 4.79 Å². The zero-order valence-electron chi connectivity index (χ0n) is 12.2. The van der Waals surface area contributed by atoms with Crippen molar-refractivity contribution >= 4 is 38.3 Å². The summed E-state index contributed by atoms with van der Waals surface area (Å²) in [6.45, 7) is 5.75. The second-order valence-corrected chi connectivity index (χ2v) is 7.16. The molecule has 0 aliphatic heterocycles. The van der Waals surface area contributed by atoms with Crippen LogP contribution in [-0.4, -0.2) is 10.9 Å². The molecular formula is C15H18BrN3OS. The van der Waals surface area contributed by atoms with Crippen LogP contribution in [0.4, 0.5) is 5.13 Å². The fourth-order valence-electron chi connectivity index (χ4n) is 1.96. The van der Waals surface area contributed by atoms with Crippen LogP contribution in [0.25, 0.3) is 0 Å². The Morgan fingerprint density at radius 3 is 2.57 bits per heavy atom. The van der Waals surface area contributed by atoms with Gasteiger partial charge in [-0.05, 0) is 38.0 Å². The summed E-state index contributed by atoms with van der Waals surface area (Å²) in [5, 5.41) is 3.42. The molecule has 4 nitrogen and oxygen atoms in total. The monoisotopic (exact) mass is 367 g/mol. The highest BCUT2D eigenvalue weighted by molar-refractivity contribution is 9.10. The van der Waals surface area contributed by atoms with E-state index >= 15 is 0 Å². The number of hydrogen-bond donors (Lipinski definition) is 2. The molecular weight excluding hydrogens is 350 g/mol. The second kappa shape index (κ2) is 6.25. The van der Waals surface area contributed by atoms with Crippen molar-refractivity contribution in [3.63, 3.8) is 0 Å². The number of nitrogens with two attached hydrogens (primary N) is 1. The van der Waals surface area contributed by atoms with Crippen LogP contribution >= 0.6 is 27.3 Å². The van der Waals surface area contributed by atoms with Gasteiger partial charge in [-0.15, -0.1) is 11.3 Å². The van der Waals surface area contributed by atoms with Crippen LogP contribution in [0.15, 0.2) is 28.7 Å². The molecule has 1 heterocycles. The van der Waals surface area contributed by atoms with Crippen molar-refractivity contribution in [2.45, 2.75) is 32.7 Å². The molecule has 2 aromatic rings. The van der Waals surface area contributed by atoms with Crippen molar-refractivity contribution in [3.8, 4) is 0 Å². The van der Waals surface area contributed by atoms with E-state index in [0.717, 1.165) is 27.0 Å². The van der Waals surface area contributed by atoms with Gasteiger partial charge < -0.3 is 11.1 Å². The first-order chi connectivity index (χ1) is 9.84. The molecule has 1 amide bonds. The number of nitrogens with zero attached hydrogens (tertiary/aromatic N) is 1. The average Bonchev–Trinajstić information content (AvgIpc) is 2.79. The number of benzene rings is 1. The molecule has 0 saturated carbocycles. The minimum absolute atomic E-state index is 0.263. The Balaban J connectivity index is 2.19. The average molecular weight is 368 g/mol. The lowest BCUT2D eigenvalue weighted by molar-refractivity contribution is -0.120. The van der Waals surface area contributed by atoms with Crippen molar-refractivity contribution in [2.24, 2.45) is 5.73 Å². The van der Waals surface area contributed by atoms with Crippen LogP contribution in [0, 0.1) is 6.92 Å². The van der Waals surface area contributed by atoms with Gasteiger partial charge in [-0.1, -0.05) is 35.0 Å². The van der Waals surface area contributed by atoms with E-state index in [4.69, 9.17) is 5.73 Å². The molecule has 1 atom stereocenters. The third kappa shape index (κ3) is 3.51. The van der Waals surface area contributed by atoms with Crippen LogP contribution in [0.1, 0.15) is 30.0 Å². The zero-order valence-corrected chi connectivity index (χ0v) is 14.6. The standard InChI is InChI=1S/C15H18BrN3OS/c1-4-12-9(2)21-14(18-12)19-13(20)15(3,17)10-5-7-11(16)8-6-10/h5-8H,4,17H2,1-3H3,(H,18,19,20). The third-order valence-electron chi connectivity index (χ3n) is 3.36. The van der Waals surface area contributed by atoms with E-state index in [0.29, 0.717) is 5.13 Å². The van der Waals surface area contributed by atoms with E-state index in [1.807, 2.05) is 38.1 Å². The minimum Gasteiger partial charge on any atom is -0.314 e. The maximum Gasteiger partial charge on any atom is 0.250 e. The summed E-state index contributed by atoms with van der Waals surface area (Å²) < 4.78 is 0.950. The summed E-state index contributed by atoms with van der Waals surface area (Å²) in [4.78, 5) is 18.0. The number of carbonyl (C=O) groups excluding carboxylic acids is 1. The van der Waals surface area contributed by atoms with E-state index in [1.54, 1.807) is 6.92 Å². The molecule has 112 valence electrons. The molecule has 0 aliphatic carbocycles. The van der Waals surface area contributed by atoms with Crippen LogP contribution in [0.3, 0.4) is 0 Å². The van der Waals surface area contributed by atoms with Gasteiger partial charge in [0.2, 0.25) is 0 Å². The molecule has 1 unspecified atom stereocenters. The number of amides is 1. The summed E-state index contributed by atoms with van der Waals surface area (Å²) >= 11 is 4.85. The fourth-order valence-corrected chi connectivity index (χ4v) is 3.13. The van der Waals surface area contributed by atoms with E-state index in [1.165, 1.54) is 11.3 Å². The molecule has 21 heavy (non-hydrogen) atoms. The van der Waals surface area contributed by atoms with Crippen molar-refractivity contribution in [1.29, 1.82) is 0 Å². The molecule has 0 spiro atoms. The van der Waals surface area contributed by atoms with Gasteiger partial charge in [-0.2, -0.15) is 0 Å². The number of aromatic nitrogens is 1. The Kier molecular flexibility index (Phi) is 4.81. The molecule has 2 rings (SSSR count). The molecule has 0 saturated heterocycles. The number of anilines is 1. The number of hydrogen-bond acceptors (Lipinski definition) is 4. The molecule has 0 fully saturated rings. The van der Waals surface area contributed by atoms with Gasteiger partial charge in [-0.25, -0.2) is 4.98 Å². The van der Waals surface area contributed by atoms with Gasteiger partial charge >= 0.3 is 0 Å². The minimum atomic E-state index is -1.10. The topological polar surface area (TPSA) is 68.0 Å². The van der Waals surface area contributed by atoms with Gasteiger partial charge in [0.1, 0.15) is 5.54 Å². The highest BCUT2D eigenvalue weighted by atomic mass is 79.9. The van der Waals surface area contributed by atoms with Gasteiger partial charge in [0.05, 0.1) is 5.69 Å². The summed E-state index contributed by atoms with van der Waals surface area (Å²) in [5.41, 5.74) is 6.87. The van der Waals surface area contributed by atoms with Crippen molar-refractivity contribution in [2.75, 3.05) is 5.32 Å². The molecule has 1 aromatic carbocycles. The highest BCUT2D eigenvalue weighted by Crippen LogP contribution is 2.26. The molecule has 0 aliphatic rings. The molecule has 0 bridgehead atoms. The highest BCUT2D eigenvalue weighted by Gasteiger charge is 2.31. The van der Waals surface area contributed by atoms with E-state index in [2.05, 4.69) is 26.2 Å². The van der Waals surface area contributed by atoms with Gasteiger partial charge in [0.15, 0.2) is 5.13 Å². The Morgan fingerprint density at radius 1 is 1.43 bits per heavy atom. The number of aryl methyl sites for hydroxylation is 2. The normalized spacial score (nSPS) is 13.8. The lowest BCUT2D eigenvalue weighted by Crippen LogP contribution is -2.45. The van der Waals surface area contributed by atoms with Crippen LogP contribution in [-0.2, 0) is 16.8 Å². The third-order valence-corrected chi connectivity index (χ3v) is 4.82. The molecule has 6 heteroatoms. The van der Waals surface area contributed by atoms with Crippen molar-refractivity contribution in [3.05, 3.63) is 44.9 Å². The Hall–Kier alpha value is -1.24. The zero-order chi connectivity index (χ0) is 15.6. The van der Waals surface area contributed by atoms with Crippen LogP contribution in [0.2, 0.25) is 0 Å². The maximum atomic E-state index is 12.4. The predicted octanol–water partition coefficient (Wildman–Crippen LogP) is 3.59. The quantitative estimate of drug-likeness (QED) is 0.867. The first-order valence-corrected chi connectivity index (χ1v) is 8.28. The van der Waals surface area contributed by atoms with Gasteiger partial charge in [0, 0.05) is 9.35 Å². The number of carbonyl (C=O) groups is 1. The first kappa shape index (κ1) is 16.1.